The molecular weight excluding hydrogens is 410 g/mol. The van der Waals surface area contributed by atoms with E-state index >= 15 is 0 Å². The fourth-order valence-electron chi connectivity index (χ4n) is 2.80. The quantitative estimate of drug-likeness (QED) is 0.447. The fourth-order valence-corrected chi connectivity index (χ4v) is 3.55. The highest BCUT2D eigenvalue weighted by molar-refractivity contribution is 7.99. The van der Waals surface area contributed by atoms with Gasteiger partial charge in [-0.2, -0.15) is 10.2 Å². The number of nitrogens with zero attached hydrogens (tertiary/aromatic N) is 6. The topological polar surface area (TPSA) is 109 Å². The van der Waals surface area contributed by atoms with E-state index in [-0.39, 0.29) is 22.7 Å². The summed E-state index contributed by atoms with van der Waals surface area (Å²) in [7, 11) is 0. The maximum absolute atomic E-state index is 13.1. The van der Waals surface area contributed by atoms with E-state index in [4.69, 9.17) is 11.6 Å². The number of aromatic nitrogens is 5. The van der Waals surface area contributed by atoms with Crippen molar-refractivity contribution in [2.24, 2.45) is 5.92 Å². The third-order valence-electron chi connectivity index (χ3n) is 4.19. The number of pyridine rings is 1. The first-order valence-electron chi connectivity index (χ1n) is 9.10. The predicted octanol–water partition coefficient (Wildman–Crippen LogP) is 3.68. The van der Waals surface area contributed by atoms with Crippen LogP contribution >= 0.6 is 23.4 Å². The van der Waals surface area contributed by atoms with Crippen molar-refractivity contribution in [2.45, 2.75) is 38.3 Å². The molecule has 1 unspecified atom stereocenters. The summed E-state index contributed by atoms with van der Waals surface area (Å²) < 4.78 is 1.33. The molecule has 3 heterocycles. The summed E-state index contributed by atoms with van der Waals surface area (Å²) in [4.78, 5) is 31.0. The maximum atomic E-state index is 13.1. The summed E-state index contributed by atoms with van der Waals surface area (Å²) in [6.07, 6.45) is 3.24. The number of nitriles is 1. The van der Waals surface area contributed by atoms with Gasteiger partial charge in [-0.15, -0.1) is 11.8 Å². The zero-order valence-corrected chi connectivity index (χ0v) is 17.8. The van der Waals surface area contributed by atoms with Crippen LogP contribution in [0.3, 0.4) is 0 Å². The summed E-state index contributed by atoms with van der Waals surface area (Å²) in [5.41, 5.74) is 0.942. The van der Waals surface area contributed by atoms with Crippen LogP contribution < -0.4 is 10.9 Å². The Morgan fingerprint density at radius 3 is 2.69 bits per heavy atom. The Labute approximate surface area is 177 Å². The second-order valence-corrected chi connectivity index (χ2v) is 8.25. The van der Waals surface area contributed by atoms with Crippen LogP contribution in [-0.2, 0) is 6.54 Å². The molecule has 3 aromatic rings. The highest BCUT2D eigenvalue weighted by Crippen LogP contribution is 2.21. The first-order valence-corrected chi connectivity index (χ1v) is 10.5. The second kappa shape index (κ2) is 9.20. The van der Waals surface area contributed by atoms with Gasteiger partial charge in [0.2, 0.25) is 5.28 Å². The molecule has 0 aliphatic rings. The second-order valence-electron chi connectivity index (χ2n) is 6.57. The van der Waals surface area contributed by atoms with Gasteiger partial charge in [0, 0.05) is 11.1 Å². The van der Waals surface area contributed by atoms with E-state index in [1.165, 1.54) is 10.8 Å². The number of halogens is 1. The molecule has 0 aromatic carbocycles. The van der Waals surface area contributed by atoms with Crippen molar-refractivity contribution >= 4 is 40.3 Å². The lowest BCUT2D eigenvalue weighted by atomic mass is 10.1. The van der Waals surface area contributed by atoms with E-state index < -0.39 is 11.6 Å². The number of anilines is 1. The minimum absolute atomic E-state index is 0.0113. The average molecular weight is 430 g/mol. The zero-order valence-electron chi connectivity index (χ0n) is 16.3. The number of nitrogens with one attached hydrogen (secondary N) is 1. The molecular formula is C19H20ClN7OS. The van der Waals surface area contributed by atoms with Gasteiger partial charge in [0.25, 0.3) is 5.56 Å². The molecule has 8 nitrogen and oxygen atoms in total. The Kier molecular flexibility index (Phi) is 6.67. The molecule has 0 aliphatic carbocycles. The minimum Gasteiger partial charge on any atom is -0.360 e. The Morgan fingerprint density at radius 1 is 1.28 bits per heavy atom. The fraction of sp³-hybridized carbons (Fsp3) is 0.368. The molecule has 1 N–H and O–H groups in total. The summed E-state index contributed by atoms with van der Waals surface area (Å²) in [5.74, 6) is 0.968. The summed E-state index contributed by atoms with van der Waals surface area (Å²) in [6, 6.07) is 5.35. The SMILES string of the molecule is CCSc1ccc(CNc2nc3cnc(Cl)nc3n(C(C#N)C(C)C)c2=O)nc1. The molecule has 0 amide bonds. The van der Waals surface area contributed by atoms with Crippen molar-refractivity contribution in [3.05, 3.63) is 45.9 Å². The van der Waals surface area contributed by atoms with E-state index in [9.17, 15) is 10.1 Å². The average Bonchev–Trinajstić information content (AvgIpc) is 2.70. The predicted molar refractivity (Wildman–Crippen MR) is 114 cm³/mol. The molecule has 0 saturated carbocycles. The molecule has 3 aromatic heterocycles. The van der Waals surface area contributed by atoms with Gasteiger partial charge < -0.3 is 5.32 Å². The summed E-state index contributed by atoms with van der Waals surface area (Å²) in [5, 5.41) is 12.7. The van der Waals surface area contributed by atoms with Crippen LogP contribution in [0.25, 0.3) is 11.2 Å². The van der Waals surface area contributed by atoms with Crippen LogP contribution in [0.5, 0.6) is 0 Å². The van der Waals surface area contributed by atoms with Crippen molar-refractivity contribution in [2.75, 3.05) is 11.1 Å². The molecule has 0 radical (unpaired) electrons. The number of rotatable bonds is 7. The first kappa shape index (κ1) is 21.0. The molecule has 0 aliphatic heterocycles. The Balaban J connectivity index is 2.00. The molecule has 150 valence electrons. The zero-order chi connectivity index (χ0) is 21.0. The molecule has 0 bridgehead atoms. The highest BCUT2D eigenvalue weighted by atomic mass is 35.5. The van der Waals surface area contributed by atoms with Crippen molar-refractivity contribution in [3.63, 3.8) is 0 Å². The lowest BCUT2D eigenvalue weighted by Gasteiger charge is -2.19. The van der Waals surface area contributed by atoms with E-state index in [1.54, 1.807) is 18.0 Å². The van der Waals surface area contributed by atoms with Gasteiger partial charge in [-0.05, 0) is 35.4 Å². The van der Waals surface area contributed by atoms with Crippen molar-refractivity contribution in [1.82, 2.24) is 24.5 Å². The monoisotopic (exact) mass is 429 g/mol. The Morgan fingerprint density at radius 2 is 2.07 bits per heavy atom. The Bertz CT molecular complexity index is 1110. The number of thioether (sulfide) groups is 1. The van der Waals surface area contributed by atoms with Gasteiger partial charge in [-0.1, -0.05) is 20.8 Å². The molecule has 29 heavy (non-hydrogen) atoms. The molecule has 0 saturated heterocycles. The van der Waals surface area contributed by atoms with Crippen molar-refractivity contribution in [3.8, 4) is 6.07 Å². The van der Waals surface area contributed by atoms with Gasteiger partial charge in [-0.3, -0.25) is 14.3 Å². The largest absolute Gasteiger partial charge is 0.360 e. The van der Waals surface area contributed by atoms with Crippen LogP contribution in [0, 0.1) is 17.2 Å². The van der Waals surface area contributed by atoms with E-state index in [0.717, 1.165) is 16.3 Å². The molecule has 3 rings (SSSR count). The Hall–Kier alpha value is -2.70. The standard InChI is InChI=1S/C19H20ClN7OS/c1-4-29-13-6-5-12(22-9-13)8-23-16-18(28)27(15(7-21)11(2)3)17-14(25-16)10-24-19(20)26-17/h5-6,9-11,15H,4,8H2,1-3H3,(H,23,25). The normalized spacial score (nSPS) is 12.1. The van der Waals surface area contributed by atoms with E-state index in [0.29, 0.717) is 12.1 Å². The van der Waals surface area contributed by atoms with Crippen LogP contribution in [-0.4, -0.2) is 30.3 Å². The van der Waals surface area contributed by atoms with E-state index in [1.807, 2.05) is 26.0 Å². The van der Waals surface area contributed by atoms with Crippen LogP contribution in [0.1, 0.15) is 32.5 Å². The van der Waals surface area contributed by atoms with Gasteiger partial charge in [0.1, 0.15) is 11.6 Å². The summed E-state index contributed by atoms with van der Waals surface area (Å²) in [6.45, 7) is 6.13. The van der Waals surface area contributed by atoms with Gasteiger partial charge in [0.05, 0.1) is 24.5 Å². The lowest BCUT2D eigenvalue weighted by Crippen LogP contribution is -2.31. The van der Waals surface area contributed by atoms with Crippen molar-refractivity contribution < 1.29 is 0 Å². The molecule has 0 fully saturated rings. The summed E-state index contributed by atoms with van der Waals surface area (Å²) >= 11 is 7.62. The number of hydrogen-bond donors (Lipinski definition) is 1. The third kappa shape index (κ3) is 4.66. The van der Waals surface area contributed by atoms with Gasteiger partial charge in [-0.25, -0.2) is 9.97 Å². The van der Waals surface area contributed by atoms with Crippen molar-refractivity contribution in [1.29, 1.82) is 5.26 Å². The number of hydrogen-bond acceptors (Lipinski definition) is 8. The molecule has 0 spiro atoms. The third-order valence-corrected chi connectivity index (χ3v) is 5.24. The van der Waals surface area contributed by atoms with Crippen LogP contribution in [0.2, 0.25) is 5.28 Å². The smallest absolute Gasteiger partial charge is 0.296 e. The highest BCUT2D eigenvalue weighted by Gasteiger charge is 2.22. The van der Waals surface area contributed by atoms with E-state index in [2.05, 4.69) is 38.2 Å². The first-order chi connectivity index (χ1) is 13.9. The molecule has 1 atom stereocenters. The van der Waals surface area contributed by atoms with Gasteiger partial charge >= 0.3 is 0 Å². The van der Waals surface area contributed by atoms with Crippen LogP contribution in [0.15, 0.2) is 34.2 Å². The van der Waals surface area contributed by atoms with Gasteiger partial charge in [0.15, 0.2) is 11.5 Å². The minimum atomic E-state index is -0.719. The number of fused-ring (bicyclic) bond motifs is 1. The maximum Gasteiger partial charge on any atom is 0.296 e. The molecule has 10 heteroatoms. The lowest BCUT2D eigenvalue weighted by molar-refractivity contribution is 0.458. The van der Waals surface area contributed by atoms with Crippen LogP contribution in [0.4, 0.5) is 5.82 Å².